The molecule has 0 aliphatic carbocycles. The van der Waals surface area contributed by atoms with E-state index in [0.29, 0.717) is 6.42 Å². The molecule has 4 nitrogen and oxygen atoms in total. The first-order valence-electron chi connectivity index (χ1n) is 27.7. The van der Waals surface area contributed by atoms with E-state index in [1.165, 1.54) is 250 Å². The monoisotopic (exact) mass is 856 g/mol. The molecule has 0 aromatic rings. The van der Waals surface area contributed by atoms with Gasteiger partial charge in [0.2, 0.25) is 5.91 Å². The van der Waals surface area contributed by atoms with Crippen LogP contribution in [0.2, 0.25) is 0 Å². The highest BCUT2D eigenvalue weighted by molar-refractivity contribution is 5.76. The topological polar surface area (TPSA) is 69.6 Å². The zero-order chi connectivity index (χ0) is 44.2. The summed E-state index contributed by atoms with van der Waals surface area (Å²) in [4.78, 5) is 12.3. The highest BCUT2D eigenvalue weighted by atomic mass is 16.3. The minimum Gasteiger partial charge on any atom is -0.394 e. The molecule has 4 heteroatoms. The number of aliphatic hydroxyl groups is 2. The highest BCUT2D eigenvalue weighted by Crippen LogP contribution is 2.17. The second-order valence-corrected chi connectivity index (χ2v) is 19.0. The number of hydrogen-bond donors (Lipinski definition) is 3. The summed E-state index contributed by atoms with van der Waals surface area (Å²) in [7, 11) is 0. The predicted octanol–water partition coefficient (Wildman–Crippen LogP) is 18.1. The number of allylic oxidation sites excluding steroid dienone is 5. The van der Waals surface area contributed by atoms with Crippen molar-refractivity contribution in [3.63, 3.8) is 0 Å². The fourth-order valence-corrected chi connectivity index (χ4v) is 8.59. The van der Waals surface area contributed by atoms with Crippen molar-refractivity contribution >= 4 is 5.91 Å². The molecule has 0 aromatic heterocycles. The molecule has 1 amide bonds. The molecule has 61 heavy (non-hydrogen) atoms. The van der Waals surface area contributed by atoms with Gasteiger partial charge in [-0.3, -0.25) is 4.79 Å². The molecule has 3 N–H and O–H groups in total. The van der Waals surface area contributed by atoms with Gasteiger partial charge in [-0.25, -0.2) is 0 Å². The molecule has 0 rings (SSSR count). The molecule has 0 aliphatic rings. The average molecular weight is 857 g/mol. The van der Waals surface area contributed by atoms with Crippen molar-refractivity contribution in [3.8, 4) is 0 Å². The highest BCUT2D eigenvalue weighted by Gasteiger charge is 2.18. The van der Waals surface area contributed by atoms with Gasteiger partial charge in [-0.2, -0.15) is 0 Å². The van der Waals surface area contributed by atoms with Gasteiger partial charge in [0.25, 0.3) is 0 Å². The molecular weight excluding hydrogens is 747 g/mol. The molecule has 0 aliphatic heterocycles. The Bertz CT molecular complexity index is 928. The lowest BCUT2D eigenvalue weighted by atomic mass is 10.0. The van der Waals surface area contributed by atoms with Crippen LogP contribution >= 0.6 is 0 Å². The molecule has 360 valence electrons. The van der Waals surface area contributed by atoms with E-state index in [1.807, 2.05) is 6.08 Å². The Morgan fingerprint density at radius 3 is 1.00 bits per heavy atom. The molecule has 0 fully saturated rings. The van der Waals surface area contributed by atoms with Crippen molar-refractivity contribution in [1.29, 1.82) is 0 Å². The number of hydrogen-bond acceptors (Lipinski definition) is 3. The van der Waals surface area contributed by atoms with Gasteiger partial charge in [0.15, 0.2) is 0 Å². The van der Waals surface area contributed by atoms with Crippen molar-refractivity contribution in [2.45, 2.75) is 315 Å². The number of unbranched alkanes of at least 4 members (excludes halogenated alkanes) is 40. The van der Waals surface area contributed by atoms with Gasteiger partial charge >= 0.3 is 0 Å². The Kier molecular flexibility index (Phi) is 51.7. The van der Waals surface area contributed by atoms with E-state index in [1.54, 1.807) is 6.08 Å². The zero-order valence-electron chi connectivity index (χ0n) is 41.4. The van der Waals surface area contributed by atoms with E-state index in [4.69, 9.17) is 0 Å². The second kappa shape index (κ2) is 53.0. The minimum atomic E-state index is -0.857. The van der Waals surface area contributed by atoms with Gasteiger partial charge in [0, 0.05) is 6.42 Å². The third-order valence-electron chi connectivity index (χ3n) is 12.8. The summed E-state index contributed by atoms with van der Waals surface area (Å²) in [6.45, 7) is 4.24. The van der Waals surface area contributed by atoms with Crippen LogP contribution in [0, 0.1) is 0 Å². The molecular formula is C57H109NO3. The largest absolute Gasteiger partial charge is 0.394 e. The maximum Gasteiger partial charge on any atom is 0.220 e. The summed E-state index contributed by atoms with van der Waals surface area (Å²) in [6.07, 6.45) is 72.1. The van der Waals surface area contributed by atoms with Crippen LogP contribution in [-0.4, -0.2) is 34.9 Å². The average Bonchev–Trinajstić information content (AvgIpc) is 3.26. The molecule has 2 unspecified atom stereocenters. The Labute approximate surface area is 382 Å². The zero-order valence-corrected chi connectivity index (χ0v) is 41.4. The summed E-state index contributed by atoms with van der Waals surface area (Å²) in [6, 6.07) is -0.634. The van der Waals surface area contributed by atoms with E-state index in [2.05, 4.69) is 43.5 Å². The molecule has 0 bridgehead atoms. The fourth-order valence-electron chi connectivity index (χ4n) is 8.59. The molecule has 0 heterocycles. The van der Waals surface area contributed by atoms with Crippen molar-refractivity contribution in [2.75, 3.05) is 6.61 Å². The van der Waals surface area contributed by atoms with Crippen LogP contribution in [0.3, 0.4) is 0 Å². The van der Waals surface area contributed by atoms with Crippen molar-refractivity contribution in [3.05, 3.63) is 36.5 Å². The van der Waals surface area contributed by atoms with Crippen LogP contribution < -0.4 is 5.32 Å². The first-order valence-corrected chi connectivity index (χ1v) is 27.7. The molecule has 0 saturated heterocycles. The van der Waals surface area contributed by atoms with E-state index in [9.17, 15) is 15.0 Å². The minimum absolute atomic E-state index is 0.0730. The summed E-state index contributed by atoms with van der Waals surface area (Å²) in [5.74, 6) is -0.0730. The van der Waals surface area contributed by atoms with Gasteiger partial charge in [0.05, 0.1) is 18.8 Å². The van der Waals surface area contributed by atoms with Gasteiger partial charge in [-0.15, -0.1) is 0 Å². The predicted molar refractivity (Wildman–Crippen MR) is 272 cm³/mol. The van der Waals surface area contributed by atoms with Crippen LogP contribution in [0.25, 0.3) is 0 Å². The smallest absolute Gasteiger partial charge is 0.220 e. The van der Waals surface area contributed by atoms with E-state index < -0.39 is 12.1 Å². The lowest BCUT2D eigenvalue weighted by Crippen LogP contribution is -2.45. The maximum absolute atomic E-state index is 12.3. The van der Waals surface area contributed by atoms with E-state index >= 15 is 0 Å². The number of aliphatic hydroxyl groups excluding tert-OH is 2. The van der Waals surface area contributed by atoms with E-state index in [0.717, 1.165) is 32.1 Å². The summed E-state index contributed by atoms with van der Waals surface area (Å²) < 4.78 is 0. The molecule has 0 radical (unpaired) electrons. The molecule has 0 spiro atoms. The SMILES string of the molecule is CCCC/C=C/CC/C=C/C(O)C(CO)NC(=O)CCCCCCCCCCCCCCCCCCCCCCCCCCCCCCC/C=C\CCCCCCCCCC. The van der Waals surface area contributed by atoms with Crippen LogP contribution in [0.4, 0.5) is 0 Å². The number of rotatable bonds is 51. The van der Waals surface area contributed by atoms with Crippen LogP contribution in [0.15, 0.2) is 36.5 Å². The van der Waals surface area contributed by atoms with Crippen LogP contribution in [-0.2, 0) is 4.79 Å². The number of carbonyl (C=O) groups excluding carboxylic acids is 1. The number of amides is 1. The van der Waals surface area contributed by atoms with Crippen LogP contribution in [0.1, 0.15) is 303 Å². The number of nitrogens with one attached hydrogen (secondary N) is 1. The normalized spacial score (nSPS) is 13.0. The quantitative estimate of drug-likeness (QED) is 0.0422. The Hall–Kier alpha value is -1.39. The molecule has 0 aromatic carbocycles. The molecule has 2 atom stereocenters. The standard InChI is InChI=1S/C57H109NO3/c1-3-5-7-9-11-13-14-15-16-17-18-19-20-21-22-23-24-25-26-27-28-29-30-31-32-33-34-35-36-37-38-39-40-41-42-43-44-45-47-49-51-53-57(61)58-55(54-59)56(60)52-50-48-46-12-10-8-6-4-2/h10,12,17-18,50,52,55-56,59-60H,3-9,11,13-16,19-49,51,53-54H2,1-2H3,(H,58,61)/b12-10+,18-17-,52-50+. The number of carbonyl (C=O) groups is 1. The second-order valence-electron chi connectivity index (χ2n) is 19.0. The lowest BCUT2D eigenvalue weighted by Gasteiger charge is -2.19. The van der Waals surface area contributed by atoms with Gasteiger partial charge < -0.3 is 15.5 Å². The first-order chi connectivity index (χ1) is 30.2. The summed E-state index contributed by atoms with van der Waals surface area (Å²) in [5.41, 5.74) is 0. The fraction of sp³-hybridized carbons (Fsp3) is 0.877. The Morgan fingerprint density at radius 1 is 0.377 bits per heavy atom. The third-order valence-corrected chi connectivity index (χ3v) is 12.8. The summed E-state index contributed by atoms with van der Waals surface area (Å²) in [5, 5.41) is 22.8. The van der Waals surface area contributed by atoms with E-state index in [-0.39, 0.29) is 12.5 Å². The van der Waals surface area contributed by atoms with Crippen molar-refractivity contribution in [1.82, 2.24) is 5.32 Å². The van der Waals surface area contributed by atoms with Gasteiger partial charge in [0.1, 0.15) is 0 Å². The third kappa shape index (κ3) is 49.5. The van der Waals surface area contributed by atoms with Crippen molar-refractivity contribution in [2.24, 2.45) is 0 Å². The van der Waals surface area contributed by atoms with Gasteiger partial charge in [-0.05, 0) is 51.4 Å². The van der Waals surface area contributed by atoms with Crippen LogP contribution in [0.5, 0.6) is 0 Å². The maximum atomic E-state index is 12.3. The lowest BCUT2D eigenvalue weighted by molar-refractivity contribution is -0.123. The van der Waals surface area contributed by atoms with Gasteiger partial charge in [-0.1, -0.05) is 281 Å². The summed E-state index contributed by atoms with van der Waals surface area (Å²) >= 11 is 0. The first kappa shape index (κ1) is 59.6. The van der Waals surface area contributed by atoms with Crippen molar-refractivity contribution < 1.29 is 15.0 Å². The Morgan fingerprint density at radius 2 is 0.656 bits per heavy atom. The molecule has 0 saturated carbocycles. The Balaban J connectivity index is 3.30.